The van der Waals surface area contributed by atoms with Gasteiger partial charge in [0.05, 0.1) is 10.6 Å². The first-order chi connectivity index (χ1) is 10.2. The maximum Gasteiger partial charge on any atom is 0.127 e. The lowest BCUT2D eigenvalue weighted by Gasteiger charge is -2.18. The molecule has 21 heavy (non-hydrogen) atoms. The van der Waals surface area contributed by atoms with Gasteiger partial charge in [0.1, 0.15) is 5.82 Å². The average molecular weight is 372 g/mol. The van der Waals surface area contributed by atoms with Crippen molar-refractivity contribution >= 4 is 27.5 Å². The zero-order valence-electron chi connectivity index (χ0n) is 12.2. The van der Waals surface area contributed by atoms with Crippen molar-refractivity contribution in [2.24, 2.45) is 0 Å². The highest BCUT2D eigenvalue weighted by molar-refractivity contribution is 9.10. The molecule has 1 aromatic heterocycles. The van der Waals surface area contributed by atoms with E-state index in [9.17, 15) is 4.39 Å². The van der Waals surface area contributed by atoms with Crippen LogP contribution in [0.15, 0.2) is 22.7 Å². The minimum atomic E-state index is -0.178. The van der Waals surface area contributed by atoms with Crippen LogP contribution in [0, 0.1) is 5.82 Å². The van der Waals surface area contributed by atoms with Gasteiger partial charge in [-0.15, -0.1) is 5.10 Å². The molecule has 114 valence electrons. The third-order valence-electron chi connectivity index (χ3n) is 3.32. The number of nitrogens with zero attached hydrogens (tertiary/aromatic N) is 2. The summed E-state index contributed by atoms with van der Waals surface area (Å²) >= 11 is 4.70. The van der Waals surface area contributed by atoms with E-state index in [1.807, 2.05) is 12.1 Å². The molecule has 1 N–H and O–H groups in total. The van der Waals surface area contributed by atoms with Gasteiger partial charge in [0, 0.05) is 10.5 Å². The van der Waals surface area contributed by atoms with E-state index < -0.39 is 0 Å². The number of nitrogens with one attached hydrogen (secondary N) is 1. The Labute approximate surface area is 137 Å². The molecular formula is C15H19BrFN3S. The molecule has 0 aliphatic heterocycles. The standard InChI is InChI=1S/C15H19BrFN3S/c1-3-7-18-14(15-13(4-2)19-20-21-15)8-10-5-6-11(16)9-12(10)17/h5-6,9,14,18H,3-4,7-8H2,1-2H3. The number of aromatic nitrogens is 2. The fraction of sp³-hybridized carbons (Fsp3) is 0.467. The average Bonchev–Trinajstić information content (AvgIpc) is 2.94. The molecule has 0 saturated heterocycles. The predicted molar refractivity (Wildman–Crippen MR) is 88.1 cm³/mol. The van der Waals surface area contributed by atoms with E-state index in [0.717, 1.165) is 34.4 Å². The largest absolute Gasteiger partial charge is 0.309 e. The summed E-state index contributed by atoms with van der Waals surface area (Å²) in [6.07, 6.45) is 2.49. The van der Waals surface area contributed by atoms with Crippen LogP contribution in [0.2, 0.25) is 0 Å². The molecule has 0 fully saturated rings. The summed E-state index contributed by atoms with van der Waals surface area (Å²) in [5.41, 5.74) is 1.72. The number of rotatable bonds is 7. The van der Waals surface area contributed by atoms with Crippen molar-refractivity contribution < 1.29 is 4.39 Å². The monoisotopic (exact) mass is 371 g/mol. The van der Waals surface area contributed by atoms with E-state index in [1.165, 1.54) is 17.6 Å². The molecule has 2 rings (SSSR count). The Morgan fingerprint density at radius 3 is 2.86 bits per heavy atom. The lowest BCUT2D eigenvalue weighted by atomic mass is 10.0. The first-order valence-corrected chi connectivity index (χ1v) is 8.70. The minimum absolute atomic E-state index is 0.0653. The summed E-state index contributed by atoms with van der Waals surface area (Å²) in [5.74, 6) is -0.178. The molecule has 1 aromatic carbocycles. The summed E-state index contributed by atoms with van der Waals surface area (Å²) in [5, 5.41) is 7.66. The van der Waals surface area contributed by atoms with Gasteiger partial charge in [-0.1, -0.05) is 40.3 Å². The Morgan fingerprint density at radius 1 is 1.38 bits per heavy atom. The van der Waals surface area contributed by atoms with E-state index in [0.29, 0.717) is 12.0 Å². The first kappa shape index (κ1) is 16.5. The lowest BCUT2D eigenvalue weighted by Crippen LogP contribution is -2.24. The van der Waals surface area contributed by atoms with Crippen LogP contribution < -0.4 is 5.32 Å². The lowest BCUT2D eigenvalue weighted by molar-refractivity contribution is 0.515. The van der Waals surface area contributed by atoms with Crippen molar-refractivity contribution in [1.82, 2.24) is 14.9 Å². The molecule has 1 atom stereocenters. The predicted octanol–water partition coefficient (Wildman–Crippen LogP) is 4.29. The Kier molecular flexibility index (Phi) is 6.26. The molecule has 3 nitrogen and oxygen atoms in total. The number of benzene rings is 1. The van der Waals surface area contributed by atoms with Crippen LogP contribution in [0.25, 0.3) is 0 Å². The summed E-state index contributed by atoms with van der Waals surface area (Å²) in [6.45, 7) is 5.08. The molecule has 0 radical (unpaired) electrons. The van der Waals surface area contributed by atoms with E-state index in [-0.39, 0.29) is 11.9 Å². The third kappa shape index (κ3) is 4.31. The van der Waals surface area contributed by atoms with Crippen molar-refractivity contribution in [2.75, 3.05) is 6.54 Å². The number of aryl methyl sites for hydroxylation is 1. The SMILES string of the molecule is CCCNC(Cc1ccc(Br)cc1F)c1snnc1CC. The van der Waals surface area contributed by atoms with Gasteiger partial charge >= 0.3 is 0 Å². The fourth-order valence-corrected chi connectivity index (χ4v) is 3.35. The van der Waals surface area contributed by atoms with Crippen LogP contribution in [0.3, 0.4) is 0 Å². The van der Waals surface area contributed by atoms with Crippen molar-refractivity contribution in [3.63, 3.8) is 0 Å². The van der Waals surface area contributed by atoms with Crippen molar-refractivity contribution in [1.29, 1.82) is 0 Å². The molecule has 0 bridgehead atoms. The molecule has 0 aliphatic carbocycles. The Bertz CT molecular complexity index is 588. The molecular weight excluding hydrogens is 353 g/mol. The quantitative estimate of drug-likeness (QED) is 0.788. The van der Waals surface area contributed by atoms with Crippen molar-refractivity contribution in [3.05, 3.63) is 44.6 Å². The molecule has 0 amide bonds. The highest BCUT2D eigenvalue weighted by atomic mass is 79.9. The van der Waals surface area contributed by atoms with E-state index >= 15 is 0 Å². The van der Waals surface area contributed by atoms with Gasteiger partial charge in [0.25, 0.3) is 0 Å². The molecule has 0 spiro atoms. The van der Waals surface area contributed by atoms with Gasteiger partial charge in [-0.05, 0) is 55.0 Å². The van der Waals surface area contributed by atoms with E-state index in [2.05, 4.69) is 44.7 Å². The smallest absolute Gasteiger partial charge is 0.127 e. The van der Waals surface area contributed by atoms with Gasteiger partial charge in [-0.25, -0.2) is 4.39 Å². The second kappa shape index (κ2) is 7.96. The Hall–Kier alpha value is -0.850. The highest BCUT2D eigenvalue weighted by Crippen LogP contribution is 2.26. The Morgan fingerprint density at radius 2 is 2.19 bits per heavy atom. The van der Waals surface area contributed by atoms with E-state index in [1.54, 1.807) is 0 Å². The van der Waals surface area contributed by atoms with Gasteiger partial charge < -0.3 is 5.32 Å². The first-order valence-electron chi connectivity index (χ1n) is 7.14. The van der Waals surface area contributed by atoms with Gasteiger partial charge in [-0.3, -0.25) is 0 Å². The van der Waals surface area contributed by atoms with Crippen molar-refractivity contribution in [2.45, 2.75) is 39.2 Å². The zero-order valence-corrected chi connectivity index (χ0v) is 14.6. The van der Waals surface area contributed by atoms with Gasteiger partial charge in [0.2, 0.25) is 0 Å². The molecule has 1 unspecified atom stereocenters. The number of hydrogen-bond donors (Lipinski definition) is 1. The van der Waals surface area contributed by atoms with Crippen LogP contribution in [0.5, 0.6) is 0 Å². The number of hydrogen-bond acceptors (Lipinski definition) is 4. The van der Waals surface area contributed by atoms with Crippen LogP contribution in [0.1, 0.15) is 42.4 Å². The fourth-order valence-electron chi connectivity index (χ4n) is 2.21. The topological polar surface area (TPSA) is 37.8 Å². The normalized spacial score (nSPS) is 12.6. The summed E-state index contributed by atoms with van der Waals surface area (Å²) < 4.78 is 18.9. The molecule has 6 heteroatoms. The summed E-state index contributed by atoms with van der Waals surface area (Å²) in [7, 11) is 0. The molecule has 1 heterocycles. The summed E-state index contributed by atoms with van der Waals surface area (Å²) in [4.78, 5) is 1.12. The van der Waals surface area contributed by atoms with E-state index in [4.69, 9.17) is 0 Å². The number of halogens is 2. The van der Waals surface area contributed by atoms with Crippen LogP contribution in [0.4, 0.5) is 4.39 Å². The maximum atomic E-state index is 14.1. The third-order valence-corrected chi connectivity index (χ3v) is 4.69. The molecule has 0 aliphatic rings. The highest BCUT2D eigenvalue weighted by Gasteiger charge is 2.20. The summed E-state index contributed by atoms with van der Waals surface area (Å²) in [6, 6.07) is 5.29. The minimum Gasteiger partial charge on any atom is -0.309 e. The molecule has 2 aromatic rings. The van der Waals surface area contributed by atoms with Crippen LogP contribution in [-0.4, -0.2) is 16.1 Å². The Balaban J connectivity index is 2.24. The van der Waals surface area contributed by atoms with Gasteiger partial charge in [0.15, 0.2) is 0 Å². The van der Waals surface area contributed by atoms with Crippen LogP contribution in [-0.2, 0) is 12.8 Å². The van der Waals surface area contributed by atoms with Gasteiger partial charge in [-0.2, -0.15) is 0 Å². The van der Waals surface area contributed by atoms with Crippen molar-refractivity contribution in [3.8, 4) is 0 Å². The zero-order chi connectivity index (χ0) is 15.2. The maximum absolute atomic E-state index is 14.1. The second-order valence-electron chi connectivity index (χ2n) is 4.88. The van der Waals surface area contributed by atoms with Crippen LogP contribution >= 0.6 is 27.5 Å². The second-order valence-corrected chi connectivity index (χ2v) is 6.59. The molecule has 0 saturated carbocycles.